The second-order valence-corrected chi connectivity index (χ2v) is 6.92. The van der Waals surface area contributed by atoms with E-state index >= 15 is 0 Å². The predicted molar refractivity (Wildman–Crippen MR) is 85.9 cm³/mol. The van der Waals surface area contributed by atoms with Gasteiger partial charge in [-0.05, 0) is 25.3 Å². The Labute approximate surface area is 114 Å². The van der Waals surface area contributed by atoms with E-state index in [1.54, 1.807) is 7.11 Å². The van der Waals surface area contributed by atoms with E-state index in [1.165, 1.54) is 12.0 Å². The Kier molecular flexibility index (Phi) is 11.0. The standard InChI is InChI=1S/C16H27OP/c1-6-8-10-15(11-9-14-17-3)12-13-16(7-2)18(4)5/h7,9-13,16H,2,6,8,14H2,1,3-5H3/b11-9+,13-12-,15-10?. The zero-order valence-corrected chi connectivity index (χ0v) is 13.1. The molecule has 1 atom stereocenters. The summed E-state index contributed by atoms with van der Waals surface area (Å²) in [6.45, 7) is 11.3. The average molecular weight is 266 g/mol. The fourth-order valence-corrected chi connectivity index (χ4v) is 2.31. The molecule has 0 N–H and O–H groups in total. The number of ether oxygens (including phenoxy) is 1. The topological polar surface area (TPSA) is 9.23 Å². The molecular formula is C16H27OP. The molecule has 1 nitrogen and oxygen atoms in total. The maximum atomic E-state index is 5.03. The van der Waals surface area contributed by atoms with Gasteiger partial charge in [0, 0.05) is 12.8 Å². The van der Waals surface area contributed by atoms with Crippen LogP contribution >= 0.6 is 7.92 Å². The molecule has 0 fully saturated rings. The van der Waals surface area contributed by atoms with Crippen LogP contribution in [0.4, 0.5) is 0 Å². The Hall–Kier alpha value is -0.650. The molecule has 0 saturated heterocycles. The molecule has 0 aromatic carbocycles. The Balaban J connectivity index is 4.66. The fourth-order valence-electron chi connectivity index (χ4n) is 1.45. The van der Waals surface area contributed by atoms with Crippen molar-refractivity contribution >= 4 is 7.92 Å². The second-order valence-electron chi connectivity index (χ2n) is 4.40. The summed E-state index contributed by atoms with van der Waals surface area (Å²) in [6, 6.07) is 0. The highest BCUT2D eigenvalue weighted by Gasteiger charge is 2.03. The van der Waals surface area contributed by atoms with Gasteiger partial charge in [0.15, 0.2) is 0 Å². The lowest BCUT2D eigenvalue weighted by molar-refractivity contribution is 0.234. The first-order chi connectivity index (χ1) is 8.65. The molecule has 0 rings (SSSR count). The van der Waals surface area contributed by atoms with Crippen LogP contribution in [0, 0.1) is 0 Å². The summed E-state index contributed by atoms with van der Waals surface area (Å²) in [5.74, 6) is 0. The third-order valence-corrected chi connectivity index (χ3v) is 4.14. The van der Waals surface area contributed by atoms with Gasteiger partial charge in [0.2, 0.25) is 0 Å². The third kappa shape index (κ3) is 8.44. The summed E-state index contributed by atoms with van der Waals surface area (Å²) in [5, 5.41) is 0. The molecule has 0 aromatic rings. The van der Waals surface area contributed by atoms with Crippen LogP contribution in [0.2, 0.25) is 0 Å². The van der Waals surface area contributed by atoms with E-state index in [0.29, 0.717) is 12.3 Å². The Bertz CT molecular complexity index is 300. The molecule has 0 heterocycles. The average Bonchev–Trinajstić information content (AvgIpc) is 2.35. The van der Waals surface area contributed by atoms with Gasteiger partial charge in [0.1, 0.15) is 0 Å². The highest BCUT2D eigenvalue weighted by atomic mass is 31.1. The highest BCUT2D eigenvalue weighted by Crippen LogP contribution is 2.33. The van der Waals surface area contributed by atoms with E-state index in [9.17, 15) is 0 Å². The molecule has 0 aliphatic carbocycles. The van der Waals surface area contributed by atoms with Crippen LogP contribution in [0.5, 0.6) is 0 Å². The third-order valence-electron chi connectivity index (χ3n) is 2.57. The van der Waals surface area contributed by atoms with Crippen LogP contribution in [0.25, 0.3) is 0 Å². The first kappa shape index (κ1) is 17.4. The summed E-state index contributed by atoms with van der Waals surface area (Å²) >= 11 is 0. The molecule has 0 saturated carbocycles. The van der Waals surface area contributed by atoms with Crippen LogP contribution in [0.3, 0.4) is 0 Å². The SMILES string of the molecule is C=CC(/C=C\C(=CCCC)/C=C/COC)P(C)C. The largest absolute Gasteiger partial charge is 0.381 e. The van der Waals surface area contributed by atoms with E-state index < -0.39 is 0 Å². The van der Waals surface area contributed by atoms with Crippen molar-refractivity contribution < 1.29 is 4.74 Å². The molecule has 0 aliphatic heterocycles. The van der Waals surface area contributed by atoms with E-state index in [4.69, 9.17) is 4.74 Å². The summed E-state index contributed by atoms with van der Waals surface area (Å²) in [7, 11) is 1.71. The van der Waals surface area contributed by atoms with Crippen LogP contribution in [0.15, 0.2) is 48.6 Å². The van der Waals surface area contributed by atoms with Gasteiger partial charge in [0.25, 0.3) is 0 Å². The van der Waals surface area contributed by atoms with Gasteiger partial charge in [-0.25, -0.2) is 0 Å². The summed E-state index contributed by atoms with van der Waals surface area (Å²) in [5.41, 5.74) is 1.76. The second kappa shape index (κ2) is 11.4. The van der Waals surface area contributed by atoms with E-state index in [-0.39, 0.29) is 7.92 Å². The van der Waals surface area contributed by atoms with Gasteiger partial charge in [-0.2, -0.15) is 0 Å². The van der Waals surface area contributed by atoms with Crippen molar-refractivity contribution in [2.45, 2.75) is 25.4 Å². The maximum absolute atomic E-state index is 5.03. The van der Waals surface area contributed by atoms with Crippen molar-refractivity contribution in [2.24, 2.45) is 0 Å². The maximum Gasteiger partial charge on any atom is 0.0646 e. The molecule has 0 amide bonds. The van der Waals surface area contributed by atoms with Gasteiger partial charge in [-0.1, -0.05) is 49.8 Å². The first-order valence-electron chi connectivity index (χ1n) is 6.48. The highest BCUT2D eigenvalue weighted by molar-refractivity contribution is 7.57. The van der Waals surface area contributed by atoms with Crippen LogP contribution in [-0.2, 0) is 4.74 Å². The molecule has 0 aromatic heterocycles. The number of unbranched alkanes of at least 4 members (excludes halogenated alkanes) is 1. The zero-order valence-electron chi connectivity index (χ0n) is 12.2. The van der Waals surface area contributed by atoms with Crippen molar-refractivity contribution in [3.8, 4) is 0 Å². The lowest BCUT2D eigenvalue weighted by atomic mass is 10.1. The molecule has 0 radical (unpaired) electrons. The Morgan fingerprint density at radius 3 is 2.56 bits per heavy atom. The fraction of sp³-hybridized carbons (Fsp3) is 0.500. The van der Waals surface area contributed by atoms with Crippen molar-refractivity contribution in [2.75, 3.05) is 27.0 Å². The number of rotatable bonds is 9. The Morgan fingerprint density at radius 1 is 1.33 bits per heavy atom. The molecule has 18 heavy (non-hydrogen) atoms. The van der Waals surface area contributed by atoms with Crippen molar-refractivity contribution in [1.82, 2.24) is 0 Å². The van der Waals surface area contributed by atoms with Gasteiger partial charge < -0.3 is 4.74 Å². The lowest BCUT2D eigenvalue weighted by Crippen LogP contribution is -1.94. The minimum atomic E-state index is -0.00439. The van der Waals surface area contributed by atoms with Gasteiger partial charge >= 0.3 is 0 Å². The minimum absolute atomic E-state index is 0.00439. The minimum Gasteiger partial charge on any atom is -0.381 e. The summed E-state index contributed by atoms with van der Waals surface area (Å²) < 4.78 is 5.03. The van der Waals surface area contributed by atoms with Gasteiger partial charge in [0.05, 0.1) is 6.61 Å². The molecular weight excluding hydrogens is 239 g/mol. The van der Waals surface area contributed by atoms with Crippen molar-refractivity contribution in [3.05, 3.63) is 48.6 Å². The molecule has 2 heteroatoms. The van der Waals surface area contributed by atoms with Crippen LogP contribution in [0.1, 0.15) is 19.8 Å². The molecule has 0 bridgehead atoms. The zero-order chi connectivity index (χ0) is 13.8. The van der Waals surface area contributed by atoms with E-state index in [2.05, 4.69) is 57.2 Å². The van der Waals surface area contributed by atoms with Crippen molar-refractivity contribution in [1.29, 1.82) is 0 Å². The van der Waals surface area contributed by atoms with Crippen LogP contribution < -0.4 is 0 Å². The summed E-state index contributed by atoms with van der Waals surface area (Å²) in [6.07, 6.45) is 15.2. The predicted octanol–water partition coefficient (Wildman–Crippen LogP) is 4.77. The molecule has 0 spiro atoms. The quantitative estimate of drug-likeness (QED) is 0.332. The molecule has 102 valence electrons. The molecule has 0 aliphatic rings. The number of methoxy groups -OCH3 is 1. The first-order valence-corrected chi connectivity index (χ1v) is 8.79. The van der Waals surface area contributed by atoms with E-state index in [1.807, 2.05) is 6.08 Å². The van der Waals surface area contributed by atoms with Crippen molar-refractivity contribution in [3.63, 3.8) is 0 Å². The number of hydrogen-bond acceptors (Lipinski definition) is 1. The monoisotopic (exact) mass is 266 g/mol. The summed E-state index contributed by atoms with van der Waals surface area (Å²) in [4.78, 5) is 0. The normalized spacial score (nSPS) is 14.8. The van der Waals surface area contributed by atoms with E-state index in [0.717, 1.165) is 6.42 Å². The van der Waals surface area contributed by atoms with Gasteiger partial charge in [-0.3, -0.25) is 0 Å². The smallest absolute Gasteiger partial charge is 0.0646 e. The number of allylic oxidation sites excluding steroid dienone is 6. The van der Waals surface area contributed by atoms with Gasteiger partial charge in [-0.15, -0.1) is 14.5 Å². The molecule has 1 unspecified atom stereocenters. The Morgan fingerprint density at radius 2 is 2.06 bits per heavy atom. The van der Waals surface area contributed by atoms with Crippen LogP contribution in [-0.4, -0.2) is 32.7 Å². The number of hydrogen-bond donors (Lipinski definition) is 0. The lowest BCUT2D eigenvalue weighted by Gasteiger charge is -2.12.